The van der Waals surface area contributed by atoms with Crippen molar-refractivity contribution in [2.45, 2.75) is 199 Å². The zero-order valence-electron chi connectivity index (χ0n) is 57.4. The van der Waals surface area contributed by atoms with Crippen LogP contribution in [-0.4, -0.2) is 137 Å². The molecule has 2 aromatic carbocycles. The second kappa shape index (κ2) is 33.6. The smallest absolute Gasteiger partial charge is 0.182 e. The van der Waals surface area contributed by atoms with Gasteiger partial charge in [0.15, 0.2) is 9.84 Å². The van der Waals surface area contributed by atoms with E-state index in [2.05, 4.69) is 20.5 Å². The molecule has 1 aliphatic carbocycles. The maximum absolute atomic E-state index is 14.7. The van der Waals surface area contributed by atoms with Crippen LogP contribution in [0.4, 0.5) is 5.69 Å². The summed E-state index contributed by atoms with van der Waals surface area (Å²) in [6.07, 6.45) is -3.58. The first kappa shape index (κ1) is 80.2. The van der Waals surface area contributed by atoms with Gasteiger partial charge in [0, 0.05) is 66.9 Å². The number of aliphatic hydroxyl groups is 4. The second-order valence-electron chi connectivity index (χ2n) is 29.8. The number of rotatable bonds is 24. The summed E-state index contributed by atoms with van der Waals surface area (Å²) in [5.74, 6) is -21.9. The third kappa shape index (κ3) is 16.8. The Bertz CT molecular complexity index is 3060. The van der Waals surface area contributed by atoms with Crippen molar-refractivity contribution in [1.82, 2.24) is 0 Å². The van der Waals surface area contributed by atoms with Crippen LogP contribution in [0, 0.1) is 129 Å². The number of aliphatic hydroxyl groups excluding tert-OH is 3. The Labute approximate surface area is 555 Å². The Balaban J connectivity index is 2.22. The number of fused-ring (bicyclic) bond motifs is 1. The molecule has 4 rings (SSSR count). The molecule has 24 heteroatoms. The molecule has 94 heavy (non-hydrogen) atoms. The zero-order valence-corrected chi connectivity index (χ0v) is 58.3. The molecule has 0 amide bonds. The number of carbonyl (C=O) groups excluding carboxylic acids is 8. The number of hydrogen-bond acceptors (Lipinski definition) is 23. The Morgan fingerprint density at radius 1 is 0.521 bits per heavy atom. The lowest BCUT2D eigenvalue weighted by Crippen LogP contribution is -2.61. The van der Waals surface area contributed by atoms with Crippen LogP contribution in [0.2, 0.25) is 0 Å². The number of anilines is 1. The lowest BCUT2D eigenvalue weighted by atomic mass is 9.54. The van der Waals surface area contributed by atoms with Gasteiger partial charge in [-0.2, -0.15) is 20.5 Å². The van der Waals surface area contributed by atoms with E-state index in [4.69, 9.17) is 22.1 Å². The van der Waals surface area contributed by atoms with Gasteiger partial charge in [0.1, 0.15) is 50.3 Å². The van der Waals surface area contributed by atoms with Crippen molar-refractivity contribution in [3.05, 3.63) is 59.7 Å². The Kier molecular flexibility index (Phi) is 28.7. The summed E-state index contributed by atoms with van der Waals surface area (Å²) in [4.78, 5) is 115. The maximum Gasteiger partial charge on any atom is 0.182 e. The van der Waals surface area contributed by atoms with Crippen LogP contribution in [0.15, 0.2) is 73.9 Å². The van der Waals surface area contributed by atoms with E-state index in [1.165, 1.54) is 41.5 Å². The molecule has 522 valence electrons. The number of para-hydroxylation sites is 1. The minimum atomic E-state index is -3.54. The highest BCUT2D eigenvalue weighted by molar-refractivity contribution is 7.91. The van der Waals surface area contributed by atoms with E-state index >= 15 is 0 Å². The van der Waals surface area contributed by atoms with Gasteiger partial charge >= 0.3 is 0 Å². The highest BCUT2D eigenvalue weighted by Crippen LogP contribution is 2.53. The van der Waals surface area contributed by atoms with Crippen LogP contribution >= 0.6 is 0 Å². The van der Waals surface area contributed by atoms with Gasteiger partial charge in [0.25, 0.3) is 0 Å². The van der Waals surface area contributed by atoms with Crippen molar-refractivity contribution < 1.29 is 67.2 Å². The highest BCUT2D eigenvalue weighted by atomic mass is 32.2. The SMILES string of the molecule is CC(C)CC1C(C=O)C(O)C(C)C(C=O)C(C)(N=N)C(CC(C)C)C(C=O)C(O)CC(C=O)C(C)(N=N)C(CC(C)C)C(C=O)C(O)(Cc2ccc(CN3CCS(=O)(=O)c4ccccc43)cc2)C(C)C(C=O)C(C)(N=N)C(CC(C)C)C(C=O)C(O)CC(C=O)C1(C)N=N. The number of hydrogen-bond donors (Lipinski definition) is 8. The molecule has 0 aromatic heterocycles. The van der Waals surface area contributed by atoms with Crippen molar-refractivity contribution in [3.8, 4) is 0 Å². The van der Waals surface area contributed by atoms with Crippen LogP contribution in [0.3, 0.4) is 0 Å². The van der Waals surface area contributed by atoms with Gasteiger partial charge in [-0.3, -0.25) is 0 Å². The van der Waals surface area contributed by atoms with Gasteiger partial charge in [0.2, 0.25) is 0 Å². The molecule has 0 spiro atoms. The van der Waals surface area contributed by atoms with Gasteiger partial charge in [-0.15, -0.1) is 0 Å². The van der Waals surface area contributed by atoms with Crippen LogP contribution in [0.25, 0.3) is 0 Å². The predicted octanol–water partition coefficient (Wildman–Crippen LogP) is 10.2. The molecule has 0 saturated heterocycles. The third-order valence-electron chi connectivity index (χ3n) is 22.1. The summed E-state index contributed by atoms with van der Waals surface area (Å²) < 4.78 is 26.2. The monoisotopic (exact) mass is 1330 g/mol. The van der Waals surface area contributed by atoms with Gasteiger partial charge in [0.05, 0.1) is 62.4 Å². The van der Waals surface area contributed by atoms with Crippen molar-refractivity contribution in [2.75, 3.05) is 17.2 Å². The summed E-state index contributed by atoms with van der Waals surface area (Å²) in [5, 5.41) is 68.8. The summed E-state index contributed by atoms with van der Waals surface area (Å²) in [6.45, 7) is 23.5. The first-order valence-electron chi connectivity index (χ1n) is 33.1. The summed E-state index contributed by atoms with van der Waals surface area (Å²) in [6, 6.07) is 13.6. The van der Waals surface area contributed by atoms with Gasteiger partial charge in [-0.25, -0.2) is 30.5 Å². The Morgan fingerprint density at radius 3 is 1.30 bits per heavy atom. The minimum absolute atomic E-state index is 0.0113. The van der Waals surface area contributed by atoms with E-state index in [0.29, 0.717) is 61.5 Å². The summed E-state index contributed by atoms with van der Waals surface area (Å²) in [7, 11) is -3.54. The molecule has 1 heterocycles. The molecule has 22 unspecified atom stereocenters. The average Bonchev–Trinajstić information content (AvgIpc) is 0.748. The van der Waals surface area contributed by atoms with Crippen molar-refractivity contribution >= 4 is 65.8 Å². The number of nitrogens with one attached hydrogen (secondary N) is 4. The fourth-order valence-corrected chi connectivity index (χ4v) is 17.8. The molecule has 8 N–H and O–H groups in total. The van der Waals surface area contributed by atoms with E-state index in [1.807, 2.05) is 4.90 Å². The zero-order chi connectivity index (χ0) is 71.2. The van der Waals surface area contributed by atoms with Gasteiger partial charge < -0.3 is 63.7 Å². The number of sulfone groups is 1. The highest BCUT2D eigenvalue weighted by Gasteiger charge is 2.61. The molecule has 1 fully saturated rings. The average molecular weight is 1330 g/mol. The normalized spacial score (nSPS) is 37.4. The van der Waals surface area contributed by atoms with Crippen LogP contribution in [0.1, 0.15) is 147 Å². The second-order valence-corrected chi connectivity index (χ2v) is 31.9. The number of carbonyl (C=O) groups is 8. The number of benzene rings is 2. The van der Waals surface area contributed by atoms with Crippen molar-refractivity contribution in [2.24, 2.45) is 127 Å². The summed E-state index contributed by atoms with van der Waals surface area (Å²) in [5.41, 5.74) is 27.0. The third-order valence-corrected chi connectivity index (χ3v) is 23.9. The molecule has 0 radical (unpaired) electrons. The van der Waals surface area contributed by atoms with Gasteiger partial charge in [-0.05, 0) is 149 Å². The molecular weight excluding hydrogens is 1220 g/mol. The molecular formula is C70H107N9O14S. The van der Waals surface area contributed by atoms with Crippen LogP contribution in [-0.2, 0) is 61.2 Å². The first-order valence-corrected chi connectivity index (χ1v) is 34.8. The molecule has 22 atom stereocenters. The van der Waals surface area contributed by atoms with Crippen LogP contribution < -0.4 is 4.90 Å². The fourth-order valence-electron chi connectivity index (χ4n) is 16.3. The Morgan fingerprint density at radius 2 is 0.904 bits per heavy atom. The van der Waals surface area contributed by atoms with Crippen LogP contribution in [0.5, 0.6) is 0 Å². The Hall–Kier alpha value is -6.21. The molecule has 1 aliphatic heterocycles. The maximum atomic E-state index is 14.7. The van der Waals surface area contributed by atoms with E-state index in [1.54, 1.807) is 104 Å². The number of aldehydes is 8. The topological polar surface area (TPSA) is 400 Å². The molecule has 0 bridgehead atoms. The summed E-state index contributed by atoms with van der Waals surface area (Å²) >= 11 is 0. The standard InChI is InChI=1S/C70H107N9O14S/c1-41(2)25-54-51(35-82)63(89)30-50(34-81)67(12,76-72)57(28-44(7)8)60(40-87)70(91,31-47-19-21-48(22-20-47)32-79-23-24-94(92,93)64-18-16-15-17-61(64)79)46(10)59(39-86)69(14,78-74)55(26-42(3)4)52(36-83)62(88)29-49(33-80)66(11,75-71)56(27-43(5)6)53(37-84)65(90)45(9)58(38-85)68(54,13)77-73/h15-22,33-46,49-60,62-63,65,71-74,88-91H,23-32H2,1-14H3. The lowest BCUT2D eigenvalue weighted by molar-refractivity contribution is -0.153. The molecule has 23 nitrogen and oxygen atoms in total. The lowest BCUT2D eigenvalue weighted by Gasteiger charge is -2.52. The van der Waals surface area contributed by atoms with E-state index in [-0.39, 0.29) is 73.1 Å². The predicted molar refractivity (Wildman–Crippen MR) is 353 cm³/mol. The quantitative estimate of drug-likeness (QED) is 0.0358. The van der Waals surface area contributed by atoms with Crippen molar-refractivity contribution in [3.63, 3.8) is 0 Å². The van der Waals surface area contributed by atoms with E-state index < -0.39 is 158 Å². The van der Waals surface area contributed by atoms with E-state index in [0.717, 1.165) is 5.56 Å². The van der Waals surface area contributed by atoms with Crippen molar-refractivity contribution in [1.29, 1.82) is 22.1 Å². The minimum Gasteiger partial charge on any atom is -0.392 e. The fraction of sp³-hybridized carbons (Fsp3) is 0.714. The number of nitrogens with zero attached hydrogens (tertiary/aromatic N) is 5. The molecule has 2 aliphatic rings. The molecule has 2 aromatic rings. The molecule has 1 saturated carbocycles. The first-order chi connectivity index (χ1) is 44.0. The van der Waals surface area contributed by atoms with Gasteiger partial charge in [-0.1, -0.05) is 106 Å². The largest absolute Gasteiger partial charge is 0.392 e. The van der Waals surface area contributed by atoms with E-state index in [9.17, 15) is 67.2 Å².